The summed E-state index contributed by atoms with van der Waals surface area (Å²) in [5.41, 5.74) is 3.74. The average molecular weight is 240 g/mol. The van der Waals surface area contributed by atoms with Crippen LogP contribution in [0.5, 0.6) is 0 Å². The topological polar surface area (TPSA) is 34.1 Å². The largest absolute Gasteiger partial charge is 0.289 e. The number of benzene rings is 1. The molecule has 2 aliphatic rings. The van der Waals surface area contributed by atoms with Crippen LogP contribution in [0.2, 0.25) is 0 Å². The van der Waals surface area contributed by atoms with Crippen molar-refractivity contribution >= 4 is 11.6 Å². The molecule has 2 aliphatic carbocycles. The summed E-state index contributed by atoms with van der Waals surface area (Å²) in [4.78, 5) is 23.7. The third kappa shape index (κ3) is 1.56. The molecule has 0 heterocycles. The molecule has 0 bridgehead atoms. The molecule has 0 saturated carbocycles. The number of hydrogen-bond donors (Lipinski definition) is 0. The second kappa shape index (κ2) is 3.64. The van der Waals surface area contributed by atoms with Crippen LogP contribution in [-0.4, -0.2) is 11.6 Å². The smallest absolute Gasteiger partial charge is 0.186 e. The van der Waals surface area contributed by atoms with E-state index < -0.39 is 0 Å². The highest BCUT2D eigenvalue weighted by atomic mass is 16.1. The fourth-order valence-electron chi connectivity index (χ4n) is 3.08. The molecule has 0 radical (unpaired) electrons. The Morgan fingerprint density at radius 1 is 1.00 bits per heavy atom. The van der Waals surface area contributed by atoms with Crippen LogP contribution in [0.25, 0.3) is 0 Å². The molecule has 1 aromatic carbocycles. The Bertz CT molecular complexity index is 591. The highest BCUT2D eigenvalue weighted by molar-refractivity contribution is 6.22. The van der Waals surface area contributed by atoms with Gasteiger partial charge in [-0.1, -0.05) is 13.8 Å². The quantitative estimate of drug-likeness (QED) is 0.697. The molecule has 1 aromatic rings. The SMILES string of the molecule is CC1(C)CCCc2cc3c(cc21)C(=O)C=CC3=O. The fraction of sp³-hybridized carbons (Fsp3) is 0.375. The predicted molar refractivity (Wildman–Crippen MR) is 70.2 cm³/mol. The zero-order valence-corrected chi connectivity index (χ0v) is 10.7. The standard InChI is InChI=1S/C16H16O2/c1-16(2)7-3-4-10-8-11-12(9-13(10)16)15(18)6-5-14(11)17/h5-6,8-9H,3-4,7H2,1-2H3. The molecule has 0 N–H and O–H groups in total. The average Bonchev–Trinajstić information content (AvgIpc) is 2.33. The lowest BCUT2D eigenvalue weighted by molar-refractivity contribution is 0.0993. The minimum absolute atomic E-state index is 0.0456. The van der Waals surface area contributed by atoms with Crippen LogP contribution in [-0.2, 0) is 11.8 Å². The number of aryl methyl sites for hydroxylation is 1. The molecule has 0 fully saturated rings. The van der Waals surface area contributed by atoms with Gasteiger partial charge in [0.05, 0.1) is 0 Å². The van der Waals surface area contributed by atoms with Crippen LogP contribution in [0.15, 0.2) is 24.3 Å². The molecule has 0 aromatic heterocycles. The molecule has 92 valence electrons. The number of fused-ring (bicyclic) bond motifs is 2. The lowest BCUT2D eigenvalue weighted by atomic mass is 9.71. The normalized spacial score (nSPS) is 20.6. The van der Waals surface area contributed by atoms with E-state index in [2.05, 4.69) is 13.8 Å². The van der Waals surface area contributed by atoms with Crippen molar-refractivity contribution in [1.29, 1.82) is 0 Å². The van der Waals surface area contributed by atoms with Gasteiger partial charge in [0.1, 0.15) is 0 Å². The Hall–Kier alpha value is -1.70. The summed E-state index contributed by atoms with van der Waals surface area (Å²) >= 11 is 0. The van der Waals surface area contributed by atoms with Gasteiger partial charge in [0.2, 0.25) is 0 Å². The third-order valence-corrected chi connectivity index (χ3v) is 4.14. The first-order valence-electron chi connectivity index (χ1n) is 6.43. The lowest BCUT2D eigenvalue weighted by Crippen LogP contribution is -2.26. The predicted octanol–water partition coefficient (Wildman–Crippen LogP) is 3.24. The van der Waals surface area contributed by atoms with Crippen molar-refractivity contribution in [1.82, 2.24) is 0 Å². The minimum Gasteiger partial charge on any atom is -0.289 e. The van der Waals surface area contributed by atoms with E-state index in [0.29, 0.717) is 11.1 Å². The van der Waals surface area contributed by atoms with E-state index in [-0.39, 0.29) is 17.0 Å². The molecule has 0 unspecified atom stereocenters. The summed E-state index contributed by atoms with van der Waals surface area (Å²) in [6.45, 7) is 4.42. The highest BCUT2D eigenvalue weighted by Gasteiger charge is 2.30. The maximum atomic E-state index is 11.9. The summed E-state index contributed by atoms with van der Waals surface area (Å²) in [7, 11) is 0. The minimum atomic E-state index is -0.0474. The monoisotopic (exact) mass is 240 g/mol. The Kier molecular flexibility index (Phi) is 2.31. The Balaban J connectivity index is 2.25. The number of hydrogen-bond acceptors (Lipinski definition) is 2. The fourth-order valence-corrected chi connectivity index (χ4v) is 3.08. The maximum absolute atomic E-state index is 11.9. The van der Waals surface area contributed by atoms with E-state index in [0.717, 1.165) is 19.3 Å². The van der Waals surface area contributed by atoms with Crippen molar-refractivity contribution < 1.29 is 9.59 Å². The van der Waals surface area contributed by atoms with Gasteiger partial charge < -0.3 is 0 Å². The van der Waals surface area contributed by atoms with Crippen molar-refractivity contribution in [3.05, 3.63) is 46.5 Å². The van der Waals surface area contributed by atoms with Crippen LogP contribution in [0.3, 0.4) is 0 Å². The van der Waals surface area contributed by atoms with Gasteiger partial charge in [0.15, 0.2) is 11.6 Å². The van der Waals surface area contributed by atoms with E-state index in [1.54, 1.807) is 0 Å². The Morgan fingerprint density at radius 3 is 2.28 bits per heavy atom. The van der Waals surface area contributed by atoms with Crippen molar-refractivity contribution in [3.8, 4) is 0 Å². The summed E-state index contributed by atoms with van der Waals surface area (Å²) in [6.07, 6.45) is 6.06. The zero-order chi connectivity index (χ0) is 12.9. The molecular formula is C16H16O2. The molecule has 2 nitrogen and oxygen atoms in total. The number of ketones is 2. The molecule has 3 rings (SSSR count). The molecule has 0 atom stereocenters. The van der Waals surface area contributed by atoms with Gasteiger partial charge in [-0.25, -0.2) is 0 Å². The van der Waals surface area contributed by atoms with Gasteiger partial charge in [-0.3, -0.25) is 9.59 Å². The third-order valence-electron chi connectivity index (χ3n) is 4.14. The van der Waals surface area contributed by atoms with Crippen LogP contribution < -0.4 is 0 Å². The highest BCUT2D eigenvalue weighted by Crippen LogP contribution is 2.38. The summed E-state index contributed by atoms with van der Waals surface area (Å²) < 4.78 is 0. The summed E-state index contributed by atoms with van der Waals surface area (Å²) in [6, 6.07) is 3.89. The number of carbonyl (C=O) groups excluding carboxylic acids is 2. The van der Waals surface area contributed by atoms with Gasteiger partial charge in [-0.2, -0.15) is 0 Å². The van der Waals surface area contributed by atoms with Crippen LogP contribution in [0, 0.1) is 0 Å². The van der Waals surface area contributed by atoms with Gasteiger partial charge in [0.25, 0.3) is 0 Å². The summed E-state index contributed by atoms with van der Waals surface area (Å²) in [5, 5.41) is 0. The van der Waals surface area contributed by atoms with Crippen molar-refractivity contribution in [3.63, 3.8) is 0 Å². The first kappa shape index (κ1) is 11.4. The first-order valence-corrected chi connectivity index (χ1v) is 6.43. The maximum Gasteiger partial charge on any atom is 0.186 e. The molecule has 0 spiro atoms. The number of allylic oxidation sites excluding steroid dienone is 2. The van der Waals surface area contributed by atoms with Crippen molar-refractivity contribution in [2.45, 2.75) is 38.5 Å². The lowest BCUT2D eigenvalue weighted by Gasteiger charge is -2.33. The van der Waals surface area contributed by atoms with Crippen LogP contribution in [0.4, 0.5) is 0 Å². The number of rotatable bonds is 0. The van der Waals surface area contributed by atoms with Gasteiger partial charge in [-0.05, 0) is 60.1 Å². The van der Waals surface area contributed by atoms with Gasteiger partial charge in [0, 0.05) is 11.1 Å². The van der Waals surface area contributed by atoms with E-state index >= 15 is 0 Å². The Labute approximate surface area is 107 Å². The molecular weight excluding hydrogens is 224 g/mol. The van der Waals surface area contributed by atoms with E-state index in [9.17, 15) is 9.59 Å². The van der Waals surface area contributed by atoms with Gasteiger partial charge in [-0.15, -0.1) is 0 Å². The molecule has 0 amide bonds. The molecule has 2 heteroatoms. The van der Waals surface area contributed by atoms with Gasteiger partial charge >= 0.3 is 0 Å². The first-order chi connectivity index (χ1) is 8.49. The molecule has 0 saturated heterocycles. The zero-order valence-electron chi connectivity index (χ0n) is 10.7. The van der Waals surface area contributed by atoms with E-state index in [4.69, 9.17) is 0 Å². The van der Waals surface area contributed by atoms with Crippen LogP contribution in [0.1, 0.15) is 58.5 Å². The molecule has 0 aliphatic heterocycles. The summed E-state index contributed by atoms with van der Waals surface area (Å²) in [5.74, 6) is -0.0930. The second-order valence-corrected chi connectivity index (χ2v) is 5.85. The van der Waals surface area contributed by atoms with Crippen molar-refractivity contribution in [2.24, 2.45) is 0 Å². The van der Waals surface area contributed by atoms with Crippen molar-refractivity contribution in [2.75, 3.05) is 0 Å². The molecule has 18 heavy (non-hydrogen) atoms. The van der Waals surface area contributed by atoms with E-state index in [1.165, 1.54) is 23.3 Å². The van der Waals surface area contributed by atoms with Crippen LogP contribution >= 0.6 is 0 Å². The second-order valence-electron chi connectivity index (χ2n) is 5.85. The van der Waals surface area contributed by atoms with E-state index in [1.807, 2.05) is 12.1 Å². The Morgan fingerprint density at radius 2 is 1.61 bits per heavy atom. The number of carbonyl (C=O) groups is 2.